The second-order valence-corrected chi connectivity index (χ2v) is 15.2. The first-order valence-electron chi connectivity index (χ1n) is 14.8. The van der Waals surface area contributed by atoms with Crippen LogP contribution in [-0.2, 0) is 4.74 Å². The molecule has 0 heterocycles. The van der Waals surface area contributed by atoms with Gasteiger partial charge in [0, 0.05) is 12.5 Å². The first-order valence-corrected chi connectivity index (χ1v) is 14.8. The fraction of sp³-hybridized carbons (Fsp3) is 0.938. The molecule has 0 aliphatic heterocycles. The molecule has 0 amide bonds. The highest BCUT2D eigenvalue weighted by Crippen LogP contribution is 2.75. The van der Waals surface area contributed by atoms with Crippen LogP contribution in [0.2, 0.25) is 0 Å². The van der Waals surface area contributed by atoms with Crippen molar-refractivity contribution in [2.24, 2.45) is 56.7 Å². The van der Waals surface area contributed by atoms with Crippen LogP contribution < -0.4 is 0 Å². The van der Waals surface area contributed by atoms with E-state index >= 15 is 0 Å². The zero-order valence-electron chi connectivity index (χ0n) is 23.8. The summed E-state index contributed by atoms with van der Waals surface area (Å²) >= 11 is 0. The van der Waals surface area contributed by atoms with Gasteiger partial charge < -0.3 is 9.84 Å². The maximum atomic E-state index is 11.0. The quantitative estimate of drug-likeness (QED) is 0.414. The normalized spacial score (nSPS) is 56.4. The van der Waals surface area contributed by atoms with Crippen molar-refractivity contribution >= 4 is 0 Å². The van der Waals surface area contributed by atoms with Crippen molar-refractivity contribution in [3.8, 4) is 0 Å². The van der Waals surface area contributed by atoms with Gasteiger partial charge in [0.1, 0.15) is 0 Å². The molecule has 5 rings (SSSR count). The third kappa shape index (κ3) is 3.06. The van der Waals surface area contributed by atoms with E-state index in [1.807, 2.05) is 0 Å². The average molecular weight is 471 g/mol. The fourth-order valence-corrected chi connectivity index (χ4v) is 11.2. The van der Waals surface area contributed by atoms with Gasteiger partial charge in [-0.25, -0.2) is 0 Å². The fourth-order valence-electron chi connectivity index (χ4n) is 11.2. The van der Waals surface area contributed by atoms with E-state index in [0.717, 1.165) is 31.3 Å². The summed E-state index contributed by atoms with van der Waals surface area (Å²) in [4.78, 5) is 0. The second-order valence-electron chi connectivity index (χ2n) is 15.2. The molecule has 5 aliphatic carbocycles. The van der Waals surface area contributed by atoms with Crippen molar-refractivity contribution in [2.75, 3.05) is 6.61 Å². The first-order chi connectivity index (χ1) is 15.8. The largest absolute Gasteiger partial charge is 0.393 e. The van der Waals surface area contributed by atoms with E-state index in [-0.39, 0.29) is 33.9 Å². The van der Waals surface area contributed by atoms with Gasteiger partial charge in [-0.2, -0.15) is 0 Å². The number of hydrogen-bond donors (Lipinski definition) is 1. The lowest BCUT2D eigenvalue weighted by Gasteiger charge is -2.72. The molecular formula is C32H54O2. The van der Waals surface area contributed by atoms with Crippen LogP contribution >= 0.6 is 0 Å². The SMILES string of the molecule is CCO[C@H]1C=C2[C@@H]3[C@@H](C)[C@H](C)CC[C@]3(C)CC[C@@]2(C)[C@]2(C)CC[C@H]3C(C)(C)[C@@H](O)CC[C@]3(C)[C@@H]12. The highest BCUT2D eigenvalue weighted by atomic mass is 16.5. The molecule has 194 valence electrons. The summed E-state index contributed by atoms with van der Waals surface area (Å²) in [6, 6.07) is 0. The molecule has 4 saturated carbocycles. The number of ether oxygens (including phenoxy) is 1. The van der Waals surface area contributed by atoms with Crippen molar-refractivity contribution < 1.29 is 9.84 Å². The standard InChI is InChI=1S/C32H54O2/c1-10-34-23-19-22-26-21(3)20(2)11-14-29(26,6)17-18-31(22,8)32(9)16-12-24-28(4,5)25(33)13-15-30(24,7)27(23)32/h19-21,23-27,33H,10-18H2,1-9H3/t20-,21+,23+,24+,25+,26+,27-,29-,30+,31-,32-/m1/s1. The maximum absolute atomic E-state index is 11.0. The lowest BCUT2D eigenvalue weighted by atomic mass is 9.33. The Kier molecular flexibility index (Phi) is 5.83. The zero-order valence-corrected chi connectivity index (χ0v) is 23.8. The minimum Gasteiger partial charge on any atom is -0.393 e. The van der Waals surface area contributed by atoms with Gasteiger partial charge in [-0.15, -0.1) is 0 Å². The summed E-state index contributed by atoms with van der Waals surface area (Å²) in [6.07, 6.45) is 12.9. The highest BCUT2D eigenvalue weighted by Gasteiger charge is 2.70. The van der Waals surface area contributed by atoms with Gasteiger partial charge in [-0.1, -0.05) is 67.0 Å². The smallest absolute Gasteiger partial charge is 0.0797 e. The molecule has 1 N–H and O–H groups in total. The van der Waals surface area contributed by atoms with Gasteiger partial charge >= 0.3 is 0 Å². The number of hydrogen-bond acceptors (Lipinski definition) is 2. The predicted octanol–water partition coefficient (Wildman–Crippen LogP) is 8.04. The number of fused-ring (bicyclic) bond motifs is 7. The summed E-state index contributed by atoms with van der Waals surface area (Å²) in [7, 11) is 0. The van der Waals surface area contributed by atoms with E-state index in [9.17, 15) is 5.11 Å². The Morgan fingerprint density at radius 1 is 0.912 bits per heavy atom. The Morgan fingerprint density at radius 2 is 1.62 bits per heavy atom. The van der Waals surface area contributed by atoms with E-state index in [4.69, 9.17) is 4.74 Å². The van der Waals surface area contributed by atoms with Gasteiger partial charge in [0.15, 0.2) is 0 Å². The number of aliphatic hydroxyl groups is 1. The van der Waals surface area contributed by atoms with E-state index in [1.54, 1.807) is 5.57 Å². The Bertz CT molecular complexity index is 844. The van der Waals surface area contributed by atoms with Gasteiger partial charge in [0.05, 0.1) is 12.2 Å². The molecule has 34 heavy (non-hydrogen) atoms. The molecule has 2 nitrogen and oxygen atoms in total. The zero-order chi connectivity index (χ0) is 24.9. The highest BCUT2D eigenvalue weighted by molar-refractivity contribution is 5.36. The molecule has 5 aliphatic rings. The van der Waals surface area contributed by atoms with E-state index in [2.05, 4.69) is 68.4 Å². The Morgan fingerprint density at radius 3 is 2.29 bits per heavy atom. The predicted molar refractivity (Wildman–Crippen MR) is 141 cm³/mol. The van der Waals surface area contributed by atoms with Crippen molar-refractivity contribution in [3.63, 3.8) is 0 Å². The minimum atomic E-state index is -0.175. The molecule has 0 unspecified atom stereocenters. The van der Waals surface area contributed by atoms with Crippen LogP contribution in [0.1, 0.15) is 114 Å². The van der Waals surface area contributed by atoms with Gasteiger partial charge in [0.2, 0.25) is 0 Å². The topological polar surface area (TPSA) is 29.5 Å². The first kappa shape index (κ1) is 25.3. The van der Waals surface area contributed by atoms with Crippen LogP contribution in [-0.4, -0.2) is 23.9 Å². The van der Waals surface area contributed by atoms with Gasteiger partial charge in [0.25, 0.3) is 0 Å². The minimum absolute atomic E-state index is 0.0194. The number of allylic oxidation sites excluding steroid dienone is 1. The van der Waals surface area contributed by atoms with Crippen LogP contribution in [0.5, 0.6) is 0 Å². The monoisotopic (exact) mass is 470 g/mol. The molecule has 0 aromatic carbocycles. The number of rotatable bonds is 2. The van der Waals surface area contributed by atoms with Crippen LogP contribution in [0.4, 0.5) is 0 Å². The van der Waals surface area contributed by atoms with Crippen molar-refractivity contribution in [3.05, 3.63) is 11.6 Å². The second kappa shape index (κ2) is 7.83. The van der Waals surface area contributed by atoms with Crippen molar-refractivity contribution in [2.45, 2.75) is 126 Å². The molecule has 0 bridgehead atoms. The maximum Gasteiger partial charge on any atom is 0.0797 e. The third-order valence-electron chi connectivity index (χ3n) is 13.7. The third-order valence-corrected chi connectivity index (χ3v) is 13.7. The molecule has 0 aromatic heterocycles. The van der Waals surface area contributed by atoms with E-state index in [0.29, 0.717) is 23.2 Å². The molecule has 0 spiro atoms. The molecule has 4 fully saturated rings. The molecule has 11 atom stereocenters. The van der Waals surface area contributed by atoms with Gasteiger partial charge in [-0.05, 0) is 109 Å². The summed E-state index contributed by atoms with van der Waals surface area (Å²) in [5, 5.41) is 11.0. The lowest BCUT2D eigenvalue weighted by Crippen LogP contribution is -2.67. The number of aliphatic hydroxyl groups excluding tert-OH is 1. The lowest BCUT2D eigenvalue weighted by molar-refractivity contribution is -0.231. The molecule has 0 radical (unpaired) electrons. The van der Waals surface area contributed by atoms with Crippen molar-refractivity contribution in [1.82, 2.24) is 0 Å². The average Bonchev–Trinajstić information content (AvgIpc) is 2.76. The Balaban J connectivity index is 1.67. The molecule has 0 aromatic rings. The van der Waals surface area contributed by atoms with Crippen LogP contribution in [0.25, 0.3) is 0 Å². The van der Waals surface area contributed by atoms with Crippen LogP contribution in [0.15, 0.2) is 11.6 Å². The molecule has 0 saturated heterocycles. The van der Waals surface area contributed by atoms with Crippen LogP contribution in [0, 0.1) is 56.7 Å². The summed E-state index contributed by atoms with van der Waals surface area (Å²) in [5.41, 5.74) is 2.95. The summed E-state index contributed by atoms with van der Waals surface area (Å²) in [5.74, 6) is 3.35. The van der Waals surface area contributed by atoms with E-state index in [1.165, 1.54) is 38.5 Å². The van der Waals surface area contributed by atoms with E-state index < -0.39 is 0 Å². The summed E-state index contributed by atoms with van der Waals surface area (Å²) in [6.45, 7) is 23.3. The van der Waals surface area contributed by atoms with Crippen LogP contribution in [0.3, 0.4) is 0 Å². The molecule has 2 heteroatoms. The summed E-state index contributed by atoms with van der Waals surface area (Å²) < 4.78 is 6.76. The molecular weight excluding hydrogens is 416 g/mol. The van der Waals surface area contributed by atoms with Gasteiger partial charge in [-0.3, -0.25) is 0 Å². The van der Waals surface area contributed by atoms with Crippen molar-refractivity contribution in [1.29, 1.82) is 0 Å². The Labute approximate surface area is 210 Å². The Hall–Kier alpha value is -0.340.